The maximum atomic E-state index is 12.9. The van der Waals surface area contributed by atoms with Crippen molar-refractivity contribution in [3.63, 3.8) is 0 Å². The molecule has 0 aliphatic heterocycles. The van der Waals surface area contributed by atoms with E-state index in [0.717, 1.165) is 30.0 Å². The number of ether oxygens (including phenoxy) is 3. The van der Waals surface area contributed by atoms with Crippen molar-refractivity contribution in [3.8, 4) is 17.2 Å². The van der Waals surface area contributed by atoms with Crippen LogP contribution in [0.3, 0.4) is 0 Å². The molecule has 0 radical (unpaired) electrons. The van der Waals surface area contributed by atoms with Gasteiger partial charge in [-0.05, 0) is 18.2 Å². The van der Waals surface area contributed by atoms with Gasteiger partial charge >= 0.3 is 0 Å². The summed E-state index contributed by atoms with van der Waals surface area (Å²) in [6.45, 7) is 1.48. The number of rotatable bonds is 7. The highest BCUT2D eigenvalue weighted by Crippen LogP contribution is 2.34. The molecular formula is C17H21FNO3+. The topological polar surface area (TPSA) is 44.3 Å². The number of benzene rings is 2. The molecule has 22 heavy (non-hydrogen) atoms. The first-order chi connectivity index (χ1) is 10.7. The molecule has 0 saturated carbocycles. The molecule has 2 aromatic rings. The fraction of sp³-hybridized carbons (Fsp3) is 0.294. The molecule has 2 rings (SSSR count). The third-order valence-electron chi connectivity index (χ3n) is 3.44. The van der Waals surface area contributed by atoms with E-state index in [-0.39, 0.29) is 5.82 Å². The molecule has 0 unspecified atom stereocenters. The van der Waals surface area contributed by atoms with Gasteiger partial charge in [-0.15, -0.1) is 0 Å². The van der Waals surface area contributed by atoms with E-state index in [0.29, 0.717) is 11.5 Å². The monoisotopic (exact) mass is 306 g/mol. The third-order valence-corrected chi connectivity index (χ3v) is 3.44. The molecule has 2 N–H and O–H groups in total. The molecule has 0 aliphatic rings. The second kappa shape index (κ2) is 7.66. The summed E-state index contributed by atoms with van der Waals surface area (Å²) in [7, 11) is 4.83. The van der Waals surface area contributed by atoms with Crippen molar-refractivity contribution in [2.75, 3.05) is 21.3 Å². The summed E-state index contributed by atoms with van der Waals surface area (Å²) in [6, 6.07) is 10.3. The van der Waals surface area contributed by atoms with Crippen molar-refractivity contribution in [3.05, 3.63) is 53.3 Å². The highest BCUT2D eigenvalue weighted by molar-refractivity contribution is 5.50. The molecule has 0 aromatic heterocycles. The van der Waals surface area contributed by atoms with E-state index >= 15 is 0 Å². The number of nitrogens with two attached hydrogens (primary N) is 1. The first-order valence-electron chi connectivity index (χ1n) is 7.03. The number of hydrogen-bond donors (Lipinski definition) is 1. The Morgan fingerprint density at radius 3 is 2.00 bits per heavy atom. The molecule has 0 saturated heterocycles. The second-order valence-corrected chi connectivity index (χ2v) is 4.84. The molecule has 0 spiro atoms. The molecule has 0 aliphatic carbocycles. The van der Waals surface area contributed by atoms with Gasteiger partial charge in [-0.25, -0.2) is 4.39 Å². The van der Waals surface area contributed by atoms with E-state index in [1.54, 1.807) is 33.5 Å². The molecule has 5 heteroatoms. The van der Waals surface area contributed by atoms with Gasteiger partial charge in [0.2, 0.25) is 0 Å². The van der Waals surface area contributed by atoms with Crippen molar-refractivity contribution in [2.45, 2.75) is 13.1 Å². The highest BCUT2D eigenvalue weighted by Gasteiger charge is 2.12. The summed E-state index contributed by atoms with van der Waals surface area (Å²) in [4.78, 5) is 0. The molecular weight excluding hydrogens is 285 g/mol. The quantitative estimate of drug-likeness (QED) is 0.852. The van der Waals surface area contributed by atoms with E-state index in [1.807, 2.05) is 12.1 Å². The van der Waals surface area contributed by atoms with Crippen LogP contribution in [0.4, 0.5) is 4.39 Å². The maximum absolute atomic E-state index is 12.9. The standard InChI is InChI=1S/C17H20FNO3/c1-20-15-9-17(22-3)16(21-2)8-13(15)11-19-10-12-4-6-14(18)7-5-12/h4-9,19H,10-11H2,1-3H3/p+1. The van der Waals surface area contributed by atoms with Crippen molar-refractivity contribution in [1.82, 2.24) is 0 Å². The Kier molecular flexibility index (Phi) is 5.61. The first kappa shape index (κ1) is 16.1. The molecule has 0 atom stereocenters. The molecule has 2 aromatic carbocycles. The van der Waals surface area contributed by atoms with Gasteiger partial charge in [0.05, 0.1) is 26.9 Å². The molecule has 0 fully saturated rings. The Morgan fingerprint density at radius 1 is 0.818 bits per heavy atom. The van der Waals surface area contributed by atoms with Gasteiger partial charge in [-0.3, -0.25) is 0 Å². The van der Waals surface area contributed by atoms with Crippen molar-refractivity contribution >= 4 is 0 Å². The lowest BCUT2D eigenvalue weighted by Gasteiger charge is -2.13. The van der Waals surface area contributed by atoms with Crippen molar-refractivity contribution in [1.29, 1.82) is 0 Å². The van der Waals surface area contributed by atoms with E-state index in [1.165, 1.54) is 12.1 Å². The van der Waals surface area contributed by atoms with Gasteiger partial charge in [0.1, 0.15) is 24.7 Å². The predicted molar refractivity (Wildman–Crippen MR) is 81.8 cm³/mol. The lowest BCUT2D eigenvalue weighted by atomic mass is 10.1. The van der Waals surface area contributed by atoms with Gasteiger partial charge in [-0.1, -0.05) is 12.1 Å². The van der Waals surface area contributed by atoms with Crippen LogP contribution in [0.5, 0.6) is 17.2 Å². The minimum atomic E-state index is -0.217. The van der Waals surface area contributed by atoms with Crippen LogP contribution in [0, 0.1) is 5.82 Å². The molecule has 118 valence electrons. The van der Waals surface area contributed by atoms with Crippen LogP contribution in [0.25, 0.3) is 0 Å². The maximum Gasteiger partial charge on any atom is 0.164 e. The smallest absolute Gasteiger partial charge is 0.164 e. The Labute approximate surface area is 129 Å². The summed E-state index contributed by atoms with van der Waals surface area (Å²) >= 11 is 0. The SMILES string of the molecule is COc1cc(OC)c(OC)cc1C[NH2+]Cc1ccc(F)cc1. The summed E-state index contributed by atoms with van der Waals surface area (Å²) in [5.41, 5.74) is 2.09. The van der Waals surface area contributed by atoms with Gasteiger partial charge in [0.15, 0.2) is 11.5 Å². The van der Waals surface area contributed by atoms with Crippen LogP contribution in [-0.2, 0) is 13.1 Å². The fourth-order valence-electron chi connectivity index (χ4n) is 2.27. The Hall–Kier alpha value is -2.27. The summed E-state index contributed by atoms with van der Waals surface area (Å²) in [5.74, 6) is 1.86. The van der Waals surface area contributed by atoms with E-state index < -0.39 is 0 Å². The normalized spacial score (nSPS) is 10.4. The van der Waals surface area contributed by atoms with E-state index in [2.05, 4.69) is 5.32 Å². The van der Waals surface area contributed by atoms with Gasteiger partial charge < -0.3 is 19.5 Å². The van der Waals surface area contributed by atoms with Crippen LogP contribution < -0.4 is 19.5 Å². The van der Waals surface area contributed by atoms with E-state index in [4.69, 9.17) is 14.2 Å². The number of halogens is 1. The molecule has 0 heterocycles. The Bertz CT molecular complexity index is 614. The average molecular weight is 306 g/mol. The second-order valence-electron chi connectivity index (χ2n) is 4.84. The highest BCUT2D eigenvalue weighted by atomic mass is 19.1. The third kappa shape index (κ3) is 3.89. The van der Waals surface area contributed by atoms with E-state index in [9.17, 15) is 4.39 Å². The minimum absolute atomic E-state index is 0.217. The van der Waals surface area contributed by atoms with Crippen molar-refractivity contribution in [2.24, 2.45) is 0 Å². The minimum Gasteiger partial charge on any atom is -0.496 e. The van der Waals surface area contributed by atoms with Gasteiger partial charge in [-0.2, -0.15) is 0 Å². The zero-order valence-corrected chi connectivity index (χ0v) is 13.1. The Balaban J connectivity index is 2.06. The number of quaternary nitrogens is 1. The van der Waals surface area contributed by atoms with Crippen LogP contribution in [0.2, 0.25) is 0 Å². The summed E-state index contributed by atoms with van der Waals surface area (Å²) in [6.07, 6.45) is 0. The lowest BCUT2D eigenvalue weighted by molar-refractivity contribution is -0.686. The van der Waals surface area contributed by atoms with Crippen LogP contribution in [-0.4, -0.2) is 21.3 Å². The van der Waals surface area contributed by atoms with Crippen LogP contribution in [0.15, 0.2) is 36.4 Å². The van der Waals surface area contributed by atoms with Gasteiger partial charge in [0.25, 0.3) is 0 Å². The van der Waals surface area contributed by atoms with Crippen molar-refractivity contribution < 1.29 is 23.9 Å². The van der Waals surface area contributed by atoms with Crippen LogP contribution in [0.1, 0.15) is 11.1 Å². The number of methoxy groups -OCH3 is 3. The molecule has 0 amide bonds. The number of hydrogen-bond acceptors (Lipinski definition) is 3. The summed E-state index contributed by atoms with van der Waals surface area (Å²) in [5, 5.41) is 2.12. The summed E-state index contributed by atoms with van der Waals surface area (Å²) < 4.78 is 28.9. The lowest BCUT2D eigenvalue weighted by Crippen LogP contribution is -2.80. The molecule has 0 bridgehead atoms. The zero-order valence-electron chi connectivity index (χ0n) is 13.1. The largest absolute Gasteiger partial charge is 0.496 e. The fourth-order valence-corrected chi connectivity index (χ4v) is 2.27. The zero-order chi connectivity index (χ0) is 15.9. The first-order valence-corrected chi connectivity index (χ1v) is 7.03. The van der Waals surface area contributed by atoms with Crippen LogP contribution >= 0.6 is 0 Å². The average Bonchev–Trinajstić information content (AvgIpc) is 2.56. The molecule has 4 nitrogen and oxygen atoms in total. The Morgan fingerprint density at radius 2 is 1.41 bits per heavy atom. The predicted octanol–water partition coefficient (Wildman–Crippen LogP) is 2.12. The van der Waals surface area contributed by atoms with Gasteiger partial charge in [0, 0.05) is 11.6 Å².